The summed E-state index contributed by atoms with van der Waals surface area (Å²) in [4.78, 5) is 0.268. The van der Waals surface area contributed by atoms with Crippen LogP contribution in [0.3, 0.4) is 0 Å². The van der Waals surface area contributed by atoms with E-state index in [0.717, 1.165) is 12.0 Å². The monoisotopic (exact) mass is 270 g/mol. The predicted molar refractivity (Wildman–Crippen MR) is 74.8 cm³/mol. The fourth-order valence-electron chi connectivity index (χ4n) is 1.90. The van der Waals surface area contributed by atoms with Gasteiger partial charge in [-0.15, -0.1) is 0 Å². The van der Waals surface area contributed by atoms with Gasteiger partial charge in [-0.2, -0.15) is 0 Å². The van der Waals surface area contributed by atoms with Crippen molar-refractivity contribution >= 4 is 15.7 Å². The third-order valence-corrected chi connectivity index (χ3v) is 4.32. The maximum atomic E-state index is 12.1. The van der Waals surface area contributed by atoms with Gasteiger partial charge in [0.05, 0.1) is 4.90 Å². The van der Waals surface area contributed by atoms with Gasteiger partial charge in [0.15, 0.2) is 0 Å². The number of rotatable bonds is 5. The molecule has 0 aliphatic carbocycles. The summed E-state index contributed by atoms with van der Waals surface area (Å²) in [5.74, 6) is 0.454. The van der Waals surface area contributed by atoms with Gasteiger partial charge in [0.2, 0.25) is 10.0 Å². The summed E-state index contributed by atoms with van der Waals surface area (Å²) in [5, 5.41) is 0. The highest BCUT2D eigenvalue weighted by Crippen LogP contribution is 2.17. The molecule has 0 amide bonds. The number of anilines is 1. The molecule has 5 heteroatoms. The fraction of sp³-hybridized carbons (Fsp3) is 0.538. The second kappa shape index (κ2) is 5.71. The molecule has 0 saturated heterocycles. The molecule has 0 aliphatic heterocycles. The lowest BCUT2D eigenvalue weighted by atomic mass is 10.1. The molecule has 102 valence electrons. The highest BCUT2D eigenvalue weighted by Gasteiger charge is 2.18. The largest absolute Gasteiger partial charge is 0.399 e. The highest BCUT2D eigenvalue weighted by molar-refractivity contribution is 7.89. The maximum Gasteiger partial charge on any atom is 0.240 e. The van der Waals surface area contributed by atoms with E-state index in [-0.39, 0.29) is 10.9 Å². The molecule has 1 aromatic carbocycles. The van der Waals surface area contributed by atoms with Crippen LogP contribution in [0.15, 0.2) is 23.1 Å². The minimum atomic E-state index is -3.45. The second-order valence-corrected chi connectivity index (χ2v) is 6.88. The Hall–Kier alpha value is -1.07. The minimum absolute atomic E-state index is 0.0761. The van der Waals surface area contributed by atoms with Gasteiger partial charge in [0, 0.05) is 11.7 Å². The van der Waals surface area contributed by atoms with E-state index in [1.54, 1.807) is 19.1 Å². The Bertz CT molecular complexity index is 510. The van der Waals surface area contributed by atoms with Crippen LogP contribution in [0.2, 0.25) is 0 Å². The predicted octanol–water partition coefficient (Wildman–Crippen LogP) is 2.29. The summed E-state index contributed by atoms with van der Waals surface area (Å²) >= 11 is 0. The van der Waals surface area contributed by atoms with Gasteiger partial charge >= 0.3 is 0 Å². The number of nitrogen functional groups attached to an aromatic ring is 1. The average molecular weight is 270 g/mol. The molecule has 3 N–H and O–H groups in total. The average Bonchev–Trinajstić information content (AvgIpc) is 2.19. The van der Waals surface area contributed by atoms with Gasteiger partial charge in [0.1, 0.15) is 0 Å². The molecule has 0 heterocycles. The van der Waals surface area contributed by atoms with Crippen molar-refractivity contribution in [3.8, 4) is 0 Å². The standard InChI is InChI=1S/C13H22N2O2S/c1-9(2)7-11(4)15-18(16,17)12-5-6-13(14)10(3)8-12/h5-6,8-9,11,15H,7,14H2,1-4H3. The van der Waals surface area contributed by atoms with Crippen molar-refractivity contribution in [3.63, 3.8) is 0 Å². The molecule has 1 aromatic rings. The molecule has 0 saturated carbocycles. The number of nitrogens with two attached hydrogens (primary N) is 1. The Morgan fingerprint density at radius 1 is 1.28 bits per heavy atom. The first kappa shape index (κ1) is 15.0. The van der Waals surface area contributed by atoms with Crippen LogP contribution in [-0.4, -0.2) is 14.5 Å². The highest BCUT2D eigenvalue weighted by atomic mass is 32.2. The molecule has 0 aliphatic rings. The summed E-state index contributed by atoms with van der Waals surface area (Å²) in [6.07, 6.45) is 0.813. The van der Waals surface area contributed by atoms with E-state index in [9.17, 15) is 8.42 Å². The number of hydrogen-bond donors (Lipinski definition) is 2. The van der Waals surface area contributed by atoms with Gasteiger partial charge in [0.25, 0.3) is 0 Å². The van der Waals surface area contributed by atoms with Crippen molar-refractivity contribution in [1.29, 1.82) is 0 Å². The molecular weight excluding hydrogens is 248 g/mol. The van der Waals surface area contributed by atoms with E-state index in [4.69, 9.17) is 5.73 Å². The number of hydrogen-bond acceptors (Lipinski definition) is 3. The van der Waals surface area contributed by atoms with Gasteiger partial charge in [-0.05, 0) is 49.9 Å². The van der Waals surface area contributed by atoms with Crippen molar-refractivity contribution < 1.29 is 8.42 Å². The molecule has 1 rings (SSSR count). The zero-order valence-electron chi connectivity index (χ0n) is 11.4. The molecule has 0 aromatic heterocycles. The van der Waals surface area contributed by atoms with Crippen molar-refractivity contribution in [1.82, 2.24) is 4.72 Å². The molecule has 4 nitrogen and oxygen atoms in total. The summed E-state index contributed by atoms with van der Waals surface area (Å²) in [6.45, 7) is 7.81. The quantitative estimate of drug-likeness (QED) is 0.806. The van der Waals surface area contributed by atoms with Crippen molar-refractivity contribution in [2.75, 3.05) is 5.73 Å². The van der Waals surface area contributed by atoms with Crippen molar-refractivity contribution in [3.05, 3.63) is 23.8 Å². The number of sulfonamides is 1. The molecule has 0 spiro atoms. The van der Waals surface area contributed by atoms with Gasteiger partial charge in [-0.3, -0.25) is 0 Å². The zero-order chi connectivity index (χ0) is 13.9. The molecule has 1 atom stereocenters. The van der Waals surface area contributed by atoms with E-state index in [1.165, 1.54) is 6.07 Å². The summed E-state index contributed by atoms with van der Waals surface area (Å²) in [6, 6.07) is 4.68. The van der Waals surface area contributed by atoms with Crippen molar-refractivity contribution in [2.24, 2.45) is 5.92 Å². The molecule has 0 radical (unpaired) electrons. The first-order valence-corrected chi connectivity index (χ1v) is 7.59. The lowest BCUT2D eigenvalue weighted by Crippen LogP contribution is -2.33. The Labute approximate surface area is 110 Å². The van der Waals surface area contributed by atoms with E-state index < -0.39 is 10.0 Å². The van der Waals surface area contributed by atoms with E-state index in [2.05, 4.69) is 18.6 Å². The summed E-state index contributed by atoms with van der Waals surface area (Å²) < 4.78 is 27.0. The van der Waals surface area contributed by atoms with Crippen LogP contribution < -0.4 is 10.5 Å². The van der Waals surface area contributed by atoms with E-state index in [1.807, 2.05) is 6.92 Å². The van der Waals surface area contributed by atoms with Crippen LogP contribution in [0.25, 0.3) is 0 Å². The van der Waals surface area contributed by atoms with E-state index in [0.29, 0.717) is 11.6 Å². The first-order chi connectivity index (χ1) is 8.22. The Balaban J connectivity index is 2.89. The molecule has 18 heavy (non-hydrogen) atoms. The van der Waals surface area contributed by atoms with Crippen LogP contribution in [-0.2, 0) is 10.0 Å². The number of nitrogens with one attached hydrogen (secondary N) is 1. The normalized spacial score (nSPS) is 13.8. The Morgan fingerprint density at radius 3 is 2.39 bits per heavy atom. The van der Waals surface area contributed by atoms with Crippen LogP contribution in [0, 0.1) is 12.8 Å². The molecule has 0 fully saturated rings. The third kappa shape index (κ3) is 3.99. The Kier molecular flexibility index (Phi) is 4.76. The van der Waals surface area contributed by atoms with Gasteiger partial charge in [-0.1, -0.05) is 13.8 Å². The Morgan fingerprint density at radius 2 is 1.89 bits per heavy atom. The van der Waals surface area contributed by atoms with Crippen LogP contribution in [0.5, 0.6) is 0 Å². The van der Waals surface area contributed by atoms with Crippen LogP contribution >= 0.6 is 0 Å². The fourth-order valence-corrected chi connectivity index (χ4v) is 3.24. The number of benzene rings is 1. The lowest BCUT2D eigenvalue weighted by Gasteiger charge is -2.16. The number of aryl methyl sites for hydroxylation is 1. The SMILES string of the molecule is Cc1cc(S(=O)(=O)NC(C)CC(C)C)ccc1N. The second-order valence-electron chi connectivity index (χ2n) is 5.17. The maximum absolute atomic E-state index is 12.1. The van der Waals surface area contributed by atoms with Crippen LogP contribution in [0.4, 0.5) is 5.69 Å². The van der Waals surface area contributed by atoms with Crippen LogP contribution in [0.1, 0.15) is 32.8 Å². The third-order valence-electron chi connectivity index (χ3n) is 2.73. The smallest absolute Gasteiger partial charge is 0.240 e. The summed E-state index contributed by atoms with van der Waals surface area (Å²) in [7, 11) is -3.45. The first-order valence-electron chi connectivity index (χ1n) is 6.11. The topological polar surface area (TPSA) is 72.2 Å². The molecule has 0 bridgehead atoms. The lowest BCUT2D eigenvalue weighted by molar-refractivity contribution is 0.482. The zero-order valence-corrected chi connectivity index (χ0v) is 12.2. The minimum Gasteiger partial charge on any atom is -0.399 e. The van der Waals surface area contributed by atoms with E-state index >= 15 is 0 Å². The molecule has 1 unspecified atom stereocenters. The van der Waals surface area contributed by atoms with Gasteiger partial charge in [-0.25, -0.2) is 13.1 Å². The van der Waals surface area contributed by atoms with Crippen molar-refractivity contribution in [2.45, 2.75) is 45.1 Å². The van der Waals surface area contributed by atoms with Gasteiger partial charge < -0.3 is 5.73 Å². The molecular formula is C13H22N2O2S. The summed E-state index contributed by atoms with van der Waals surface area (Å²) in [5.41, 5.74) is 7.06.